The topological polar surface area (TPSA) is 123 Å². The van der Waals surface area contributed by atoms with E-state index < -0.39 is 5.97 Å². The summed E-state index contributed by atoms with van der Waals surface area (Å²) in [6.07, 6.45) is 6.34. The van der Waals surface area contributed by atoms with Gasteiger partial charge in [-0.25, -0.2) is 14.3 Å². The van der Waals surface area contributed by atoms with Gasteiger partial charge in [0.25, 0.3) is 5.91 Å². The van der Waals surface area contributed by atoms with Gasteiger partial charge in [-0.15, -0.1) is 0 Å². The van der Waals surface area contributed by atoms with Crippen LogP contribution in [0.1, 0.15) is 73.3 Å². The molecule has 9 heteroatoms. The predicted octanol–water partition coefficient (Wildman–Crippen LogP) is 2.45. The Morgan fingerprint density at radius 1 is 1.23 bits per heavy atom. The molecule has 30 heavy (non-hydrogen) atoms. The van der Waals surface area contributed by atoms with Crippen molar-refractivity contribution in [2.45, 2.75) is 58.4 Å². The second kappa shape index (κ2) is 7.37. The Morgan fingerprint density at radius 3 is 2.50 bits per heavy atom. The smallest absolute Gasteiger partial charge is 0.354 e. The Morgan fingerprint density at radius 2 is 1.90 bits per heavy atom. The van der Waals surface area contributed by atoms with Gasteiger partial charge in [-0.05, 0) is 57.8 Å². The van der Waals surface area contributed by atoms with E-state index in [2.05, 4.69) is 15.4 Å². The van der Waals surface area contributed by atoms with Gasteiger partial charge in [-0.1, -0.05) is 0 Å². The summed E-state index contributed by atoms with van der Waals surface area (Å²) < 4.78 is 6.65. The van der Waals surface area contributed by atoms with E-state index in [1.807, 2.05) is 13.8 Å². The molecule has 2 aromatic heterocycles. The molecule has 0 aromatic carbocycles. The number of ether oxygens (including phenoxy) is 1. The fourth-order valence-electron chi connectivity index (χ4n) is 5.06. The highest BCUT2D eigenvalue weighted by Gasteiger charge is 2.55. The first-order valence-corrected chi connectivity index (χ1v) is 10.4. The average Bonchev–Trinajstić information content (AvgIpc) is 3.23. The van der Waals surface area contributed by atoms with Crippen molar-refractivity contribution in [1.29, 1.82) is 0 Å². The minimum Gasteiger partial charge on any atom is -0.477 e. The molecule has 2 bridgehead atoms. The number of nitrogens with zero attached hydrogens (tertiary/aromatic N) is 3. The van der Waals surface area contributed by atoms with Gasteiger partial charge in [0.15, 0.2) is 11.3 Å². The summed E-state index contributed by atoms with van der Waals surface area (Å²) in [5, 5.41) is 16.5. The second-order valence-electron chi connectivity index (χ2n) is 8.49. The molecule has 2 N–H and O–H groups in total. The number of carbonyl (C=O) groups excluding carboxylic acids is 2. The third kappa shape index (κ3) is 3.22. The van der Waals surface area contributed by atoms with Crippen LogP contribution in [0.2, 0.25) is 0 Å². The molecule has 1 unspecified atom stereocenters. The molecule has 0 radical (unpaired) electrons. The minimum atomic E-state index is -1.20. The molecule has 3 aliphatic rings. The number of esters is 1. The lowest BCUT2D eigenvalue weighted by Gasteiger charge is -2.54. The van der Waals surface area contributed by atoms with Crippen LogP contribution < -0.4 is 5.32 Å². The zero-order valence-corrected chi connectivity index (χ0v) is 17.2. The zero-order chi connectivity index (χ0) is 21.5. The quantitative estimate of drug-likeness (QED) is 0.696. The Kier molecular flexibility index (Phi) is 4.99. The number of nitrogens with one attached hydrogen (secondary N) is 1. The van der Waals surface area contributed by atoms with Gasteiger partial charge in [-0.3, -0.25) is 9.59 Å². The summed E-state index contributed by atoms with van der Waals surface area (Å²) >= 11 is 0. The van der Waals surface area contributed by atoms with E-state index in [1.54, 1.807) is 6.07 Å². The van der Waals surface area contributed by atoms with Gasteiger partial charge in [0.05, 0.1) is 18.2 Å². The lowest BCUT2D eigenvalue weighted by molar-refractivity contribution is -0.166. The van der Waals surface area contributed by atoms with Crippen LogP contribution in [0, 0.1) is 10.8 Å². The second-order valence-corrected chi connectivity index (χ2v) is 8.49. The molecule has 2 heterocycles. The fraction of sp³-hybridized carbons (Fsp3) is 0.571. The van der Waals surface area contributed by atoms with E-state index in [4.69, 9.17) is 4.74 Å². The molecule has 1 atom stereocenters. The maximum absolute atomic E-state index is 13.0. The zero-order valence-electron chi connectivity index (χ0n) is 17.2. The van der Waals surface area contributed by atoms with Crippen LogP contribution in [0.25, 0.3) is 5.65 Å². The molecule has 0 spiro atoms. The standard InChI is InChI=1S/C21H26N4O5/c1-3-30-19(29)21-8-5-20(6-9-21,7-10-21)13(2)23-17(26)15-12-14(18(27)28)24-16-4-11-22-25(15)16/h4,11-13H,3,5-10H2,1-2H3,(H,23,26)(H,27,28). The maximum atomic E-state index is 13.0. The van der Waals surface area contributed by atoms with Crippen LogP contribution in [-0.2, 0) is 9.53 Å². The monoisotopic (exact) mass is 414 g/mol. The van der Waals surface area contributed by atoms with Gasteiger partial charge in [0.2, 0.25) is 0 Å². The number of fused-ring (bicyclic) bond motifs is 4. The Balaban J connectivity index is 1.52. The van der Waals surface area contributed by atoms with Crippen LogP contribution in [0.4, 0.5) is 0 Å². The van der Waals surface area contributed by atoms with Gasteiger partial charge < -0.3 is 15.2 Å². The molecule has 3 fully saturated rings. The van der Waals surface area contributed by atoms with E-state index >= 15 is 0 Å². The minimum absolute atomic E-state index is 0.0736. The van der Waals surface area contributed by atoms with Gasteiger partial charge in [0, 0.05) is 18.2 Å². The largest absolute Gasteiger partial charge is 0.477 e. The van der Waals surface area contributed by atoms with Crippen molar-refractivity contribution in [3.63, 3.8) is 0 Å². The number of aromatic carboxylic acids is 1. The molecule has 160 valence electrons. The summed E-state index contributed by atoms with van der Waals surface area (Å²) in [6, 6.07) is 2.68. The summed E-state index contributed by atoms with van der Waals surface area (Å²) in [5.74, 6) is -1.67. The van der Waals surface area contributed by atoms with Crippen LogP contribution >= 0.6 is 0 Å². The summed E-state index contributed by atoms with van der Waals surface area (Å²) in [5.41, 5.74) is -0.202. The number of hydrogen-bond donors (Lipinski definition) is 2. The SMILES string of the molecule is CCOC(=O)C12CCC(C(C)NC(=O)c3cc(C(=O)O)nc4ccnn34)(CC1)CC2. The van der Waals surface area contributed by atoms with Gasteiger partial charge in [-0.2, -0.15) is 5.10 Å². The fourth-order valence-corrected chi connectivity index (χ4v) is 5.06. The highest BCUT2D eigenvalue weighted by Crippen LogP contribution is 2.58. The normalized spacial score (nSPS) is 26.3. The number of carboxylic acids is 1. The number of carbonyl (C=O) groups is 3. The molecule has 0 saturated heterocycles. The number of rotatable bonds is 6. The van der Waals surface area contributed by atoms with Crippen LogP contribution in [0.5, 0.6) is 0 Å². The van der Waals surface area contributed by atoms with Crippen molar-refractivity contribution < 1.29 is 24.2 Å². The van der Waals surface area contributed by atoms with E-state index in [0.29, 0.717) is 12.3 Å². The molecule has 1 amide bonds. The summed E-state index contributed by atoms with van der Waals surface area (Å²) in [4.78, 5) is 40.9. The van der Waals surface area contributed by atoms with Crippen molar-refractivity contribution in [2.75, 3.05) is 6.61 Å². The predicted molar refractivity (Wildman–Crippen MR) is 106 cm³/mol. The van der Waals surface area contributed by atoms with Crippen molar-refractivity contribution in [3.8, 4) is 0 Å². The molecular formula is C21H26N4O5. The number of hydrogen-bond acceptors (Lipinski definition) is 6. The van der Waals surface area contributed by atoms with Crippen molar-refractivity contribution in [3.05, 3.63) is 29.7 Å². The molecule has 5 rings (SSSR count). The molecule has 0 aliphatic heterocycles. The first kappa shape index (κ1) is 20.3. The Bertz CT molecular complexity index is 989. The third-order valence-corrected chi connectivity index (χ3v) is 7.09. The molecule has 2 aromatic rings. The molecular weight excluding hydrogens is 388 g/mol. The van der Waals surface area contributed by atoms with E-state index in [0.717, 1.165) is 38.5 Å². The maximum Gasteiger partial charge on any atom is 0.354 e. The lowest BCUT2D eigenvalue weighted by Crippen LogP contribution is -2.55. The molecule has 9 nitrogen and oxygen atoms in total. The van der Waals surface area contributed by atoms with Gasteiger partial charge >= 0.3 is 11.9 Å². The number of carboxylic acid groups (broad SMARTS) is 1. The highest BCUT2D eigenvalue weighted by atomic mass is 16.5. The highest BCUT2D eigenvalue weighted by molar-refractivity contribution is 5.96. The molecule has 3 aliphatic carbocycles. The Labute approximate surface area is 173 Å². The van der Waals surface area contributed by atoms with E-state index in [1.165, 1.54) is 16.8 Å². The van der Waals surface area contributed by atoms with E-state index in [9.17, 15) is 19.5 Å². The van der Waals surface area contributed by atoms with E-state index in [-0.39, 0.29) is 40.1 Å². The number of aromatic nitrogens is 3. The molecule has 3 saturated carbocycles. The van der Waals surface area contributed by atoms with Crippen molar-refractivity contribution in [2.24, 2.45) is 10.8 Å². The summed E-state index contributed by atoms with van der Waals surface area (Å²) in [6.45, 7) is 4.21. The first-order valence-electron chi connectivity index (χ1n) is 10.4. The Hall–Kier alpha value is -2.97. The van der Waals surface area contributed by atoms with Crippen LogP contribution in [0.15, 0.2) is 18.3 Å². The van der Waals surface area contributed by atoms with Crippen LogP contribution in [0.3, 0.4) is 0 Å². The van der Waals surface area contributed by atoms with Crippen molar-refractivity contribution in [1.82, 2.24) is 19.9 Å². The number of amides is 1. The third-order valence-electron chi connectivity index (χ3n) is 7.09. The van der Waals surface area contributed by atoms with Crippen LogP contribution in [-0.4, -0.2) is 50.2 Å². The van der Waals surface area contributed by atoms with Gasteiger partial charge in [0.1, 0.15) is 5.69 Å². The van der Waals surface area contributed by atoms with Crippen molar-refractivity contribution >= 4 is 23.5 Å². The summed E-state index contributed by atoms with van der Waals surface area (Å²) in [7, 11) is 0. The lowest BCUT2D eigenvalue weighted by atomic mass is 9.51. The average molecular weight is 414 g/mol. The first-order chi connectivity index (χ1) is 14.3.